The van der Waals surface area contributed by atoms with Crippen LogP contribution in [0.15, 0.2) is 46.4 Å². The number of rotatable bonds is 10. The minimum Gasteiger partial charge on any atom is -0.497 e. The van der Waals surface area contributed by atoms with Gasteiger partial charge in [-0.25, -0.2) is 0 Å². The summed E-state index contributed by atoms with van der Waals surface area (Å²) in [6.45, 7) is 6.19. The zero-order chi connectivity index (χ0) is 21.4. The lowest BCUT2D eigenvalue weighted by Crippen LogP contribution is -2.19. The standard InChI is InChI=1S/C20H26N2O6S/c1-6-27-19-11-15(7-9-17(19)28-14(2)3)13-21-22-29(23,24)20-12-16(25-4)8-10-18(20)26-5/h7-14,22H,6H2,1-5H3/b21-13+. The molecule has 0 radical (unpaired) electrons. The molecule has 9 heteroatoms. The van der Waals surface area contributed by atoms with Crippen molar-refractivity contribution in [2.75, 3.05) is 20.8 Å². The third kappa shape index (κ3) is 6.02. The summed E-state index contributed by atoms with van der Waals surface area (Å²) in [5.41, 5.74) is 0.643. The molecule has 0 aliphatic heterocycles. The summed E-state index contributed by atoms with van der Waals surface area (Å²) in [5, 5.41) is 3.86. The van der Waals surface area contributed by atoms with Crippen molar-refractivity contribution in [1.29, 1.82) is 0 Å². The van der Waals surface area contributed by atoms with E-state index in [4.69, 9.17) is 18.9 Å². The van der Waals surface area contributed by atoms with Crippen molar-refractivity contribution in [2.24, 2.45) is 5.10 Å². The highest BCUT2D eigenvalue weighted by atomic mass is 32.2. The van der Waals surface area contributed by atoms with Gasteiger partial charge in [0.1, 0.15) is 16.4 Å². The highest BCUT2D eigenvalue weighted by Gasteiger charge is 2.20. The summed E-state index contributed by atoms with van der Waals surface area (Å²) in [5.74, 6) is 1.74. The summed E-state index contributed by atoms with van der Waals surface area (Å²) < 4.78 is 46.7. The van der Waals surface area contributed by atoms with Crippen LogP contribution >= 0.6 is 0 Å². The predicted octanol–water partition coefficient (Wildman–Crippen LogP) is 3.20. The Morgan fingerprint density at radius 2 is 1.76 bits per heavy atom. The number of sulfonamides is 1. The van der Waals surface area contributed by atoms with Crippen LogP contribution in [0.4, 0.5) is 0 Å². The lowest BCUT2D eigenvalue weighted by molar-refractivity contribution is 0.224. The van der Waals surface area contributed by atoms with E-state index in [-0.39, 0.29) is 16.7 Å². The zero-order valence-electron chi connectivity index (χ0n) is 17.1. The Kier molecular flexibility index (Phi) is 7.72. The predicted molar refractivity (Wildman–Crippen MR) is 111 cm³/mol. The van der Waals surface area contributed by atoms with Crippen LogP contribution in [0.1, 0.15) is 26.3 Å². The van der Waals surface area contributed by atoms with Gasteiger partial charge >= 0.3 is 0 Å². The molecule has 2 aromatic carbocycles. The molecule has 0 fully saturated rings. The average molecular weight is 423 g/mol. The largest absolute Gasteiger partial charge is 0.497 e. The Balaban J connectivity index is 2.23. The molecule has 1 N–H and O–H groups in total. The topological polar surface area (TPSA) is 95.5 Å². The van der Waals surface area contributed by atoms with Gasteiger partial charge < -0.3 is 18.9 Å². The number of methoxy groups -OCH3 is 2. The molecule has 158 valence electrons. The number of benzene rings is 2. The second-order valence-corrected chi connectivity index (χ2v) is 7.80. The van der Waals surface area contributed by atoms with Crippen LogP contribution < -0.4 is 23.8 Å². The normalized spacial score (nSPS) is 11.5. The van der Waals surface area contributed by atoms with Crippen molar-refractivity contribution < 1.29 is 27.4 Å². The maximum absolute atomic E-state index is 12.6. The molecule has 0 unspecified atom stereocenters. The minimum absolute atomic E-state index is 0.00150. The van der Waals surface area contributed by atoms with Gasteiger partial charge in [-0.2, -0.15) is 18.4 Å². The molecule has 8 nitrogen and oxygen atoms in total. The summed E-state index contributed by atoms with van der Waals surface area (Å²) in [6, 6.07) is 9.72. The Morgan fingerprint density at radius 3 is 2.38 bits per heavy atom. The molecular formula is C20H26N2O6S. The van der Waals surface area contributed by atoms with Crippen LogP contribution in [-0.2, 0) is 10.0 Å². The van der Waals surface area contributed by atoms with Crippen LogP contribution in [0.3, 0.4) is 0 Å². The van der Waals surface area contributed by atoms with Crippen LogP contribution in [0.5, 0.6) is 23.0 Å². The average Bonchev–Trinajstić information content (AvgIpc) is 2.69. The van der Waals surface area contributed by atoms with Gasteiger partial charge in [0, 0.05) is 6.07 Å². The monoisotopic (exact) mass is 422 g/mol. The SMILES string of the molecule is CCOc1cc(/C=N/NS(=O)(=O)c2cc(OC)ccc2OC)ccc1OC(C)C. The van der Waals surface area contributed by atoms with E-state index >= 15 is 0 Å². The number of nitrogens with one attached hydrogen (secondary N) is 1. The van der Waals surface area contributed by atoms with Gasteiger partial charge in [-0.15, -0.1) is 0 Å². The highest BCUT2D eigenvalue weighted by Crippen LogP contribution is 2.29. The minimum atomic E-state index is -3.96. The highest BCUT2D eigenvalue weighted by molar-refractivity contribution is 7.89. The lowest BCUT2D eigenvalue weighted by Gasteiger charge is -2.14. The van der Waals surface area contributed by atoms with E-state index in [1.165, 1.54) is 32.6 Å². The van der Waals surface area contributed by atoms with E-state index in [1.54, 1.807) is 24.3 Å². The molecular weight excluding hydrogens is 396 g/mol. The molecule has 0 saturated carbocycles. The van der Waals surface area contributed by atoms with Crippen molar-refractivity contribution in [3.63, 3.8) is 0 Å². The Labute approximate surface area is 171 Å². The first-order valence-electron chi connectivity index (χ1n) is 9.01. The van der Waals surface area contributed by atoms with E-state index in [1.807, 2.05) is 20.8 Å². The van der Waals surface area contributed by atoms with Crippen molar-refractivity contribution >= 4 is 16.2 Å². The van der Waals surface area contributed by atoms with E-state index in [0.29, 0.717) is 29.4 Å². The van der Waals surface area contributed by atoms with Gasteiger partial charge in [0.15, 0.2) is 11.5 Å². The van der Waals surface area contributed by atoms with Crippen molar-refractivity contribution in [1.82, 2.24) is 4.83 Å². The molecule has 0 aliphatic rings. The van der Waals surface area contributed by atoms with Crippen molar-refractivity contribution in [3.8, 4) is 23.0 Å². The second kappa shape index (κ2) is 10.0. The van der Waals surface area contributed by atoms with Crippen LogP contribution in [-0.4, -0.2) is 41.6 Å². The molecule has 0 amide bonds. The van der Waals surface area contributed by atoms with Crippen LogP contribution in [0.2, 0.25) is 0 Å². The number of hydrogen-bond acceptors (Lipinski definition) is 7. The van der Waals surface area contributed by atoms with Crippen molar-refractivity contribution in [2.45, 2.75) is 31.8 Å². The van der Waals surface area contributed by atoms with Gasteiger partial charge in [-0.1, -0.05) is 0 Å². The lowest BCUT2D eigenvalue weighted by atomic mass is 10.2. The van der Waals surface area contributed by atoms with Crippen LogP contribution in [0, 0.1) is 0 Å². The van der Waals surface area contributed by atoms with E-state index in [0.717, 1.165) is 0 Å². The molecule has 0 aliphatic carbocycles. The zero-order valence-corrected chi connectivity index (χ0v) is 17.9. The maximum atomic E-state index is 12.6. The molecule has 0 saturated heterocycles. The molecule has 0 aromatic heterocycles. The summed E-state index contributed by atoms with van der Waals surface area (Å²) in [6.07, 6.45) is 1.38. The number of hydrogen-bond donors (Lipinski definition) is 1. The number of ether oxygens (including phenoxy) is 4. The molecule has 0 spiro atoms. The van der Waals surface area contributed by atoms with Gasteiger partial charge in [-0.3, -0.25) is 0 Å². The Bertz CT molecular complexity index is 957. The molecule has 2 rings (SSSR count). The summed E-state index contributed by atoms with van der Waals surface area (Å²) in [4.78, 5) is 2.11. The Hall–Kier alpha value is -2.94. The quantitative estimate of drug-likeness (QED) is 0.467. The number of nitrogens with zero attached hydrogens (tertiary/aromatic N) is 1. The fourth-order valence-corrected chi connectivity index (χ4v) is 3.42. The number of hydrazone groups is 1. The smallest absolute Gasteiger partial charge is 0.280 e. The van der Waals surface area contributed by atoms with Gasteiger partial charge in [0.25, 0.3) is 10.0 Å². The van der Waals surface area contributed by atoms with Crippen LogP contribution in [0.25, 0.3) is 0 Å². The van der Waals surface area contributed by atoms with Gasteiger partial charge in [0.2, 0.25) is 0 Å². The summed E-state index contributed by atoms with van der Waals surface area (Å²) >= 11 is 0. The van der Waals surface area contributed by atoms with E-state index in [2.05, 4.69) is 9.93 Å². The first-order chi connectivity index (χ1) is 13.8. The molecule has 0 atom stereocenters. The first-order valence-corrected chi connectivity index (χ1v) is 10.5. The van der Waals surface area contributed by atoms with Crippen molar-refractivity contribution in [3.05, 3.63) is 42.0 Å². The fraction of sp³-hybridized carbons (Fsp3) is 0.350. The Morgan fingerprint density at radius 1 is 1.03 bits per heavy atom. The van der Waals surface area contributed by atoms with Gasteiger partial charge in [0.05, 0.1) is 33.1 Å². The molecule has 0 bridgehead atoms. The molecule has 0 heterocycles. The third-order valence-electron chi connectivity index (χ3n) is 3.68. The molecule has 2 aromatic rings. The first kappa shape index (κ1) is 22.4. The fourth-order valence-electron chi connectivity index (χ4n) is 2.44. The maximum Gasteiger partial charge on any atom is 0.280 e. The van der Waals surface area contributed by atoms with Gasteiger partial charge in [-0.05, 0) is 56.7 Å². The molecule has 29 heavy (non-hydrogen) atoms. The van der Waals surface area contributed by atoms with E-state index in [9.17, 15) is 8.42 Å². The van der Waals surface area contributed by atoms with E-state index < -0.39 is 10.0 Å². The second-order valence-electron chi connectivity index (χ2n) is 6.18. The summed E-state index contributed by atoms with van der Waals surface area (Å²) in [7, 11) is -1.12. The third-order valence-corrected chi connectivity index (χ3v) is 4.92.